The van der Waals surface area contributed by atoms with Gasteiger partial charge in [-0.2, -0.15) is 0 Å². The molecular formula is C14H23ClN2O2. The van der Waals surface area contributed by atoms with E-state index in [2.05, 4.69) is 24.1 Å². The van der Waals surface area contributed by atoms with E-state index in [1.807, 2.05) is 32.3 Å². The first-order valence-corrected chi connectivity index (χ1v) is 6.04. The number of nitrogens with zero attached hydrogens (tertiary/aromatic N) is 1. The molecule has 108 valence electrons. The third kappa shape index (κ3) is 7.70. The Bertz CT molecular complexity index is 380. The van der Waals surface area contributed by atoms with Gasteiger partial charge in [0.05, 0.1) is 0 Å². The molecule has 0 bridgehead atoms. The van der Waals surface area contributed by atoms with E-state index in [1.54, 1.807) is 12.1 Å². The van der Waals surface area contributed by atoms with Crippen LogP contribution in [0.25, 0.3) is 0 Å². The fourth-order valence-corrected chi connectivity index (χ4v) is 1.86. The molecule has 1 amide bonds. The maximum absolute atomic E-state index is 11.6. The molecule has 0 fully saturated rings. The van der Waals surface area contributed by atoms with E-state index in [-0.39, 0.29) is 17.8 Å². The summed E-state index contributed by atoms with van der Waals surface area (Å²) >= 11 is 0. The van der Waals surface area contributed by atoms with Crippen LogP contribution in [0.2, 0.25) is 0 Å². The summed E-state index contributed by atoms with van der Waals surface area (Å²) < 4.78 is 5.15. The molecule has 0 atom stereocenters. The standard InChI is InChI=1S/C14H22N2O2.ClH/c1-14(2,11-16(3)4)10-15-13(17)18-12-8-6-5-7-9-12;/h5-9H,10-11H2,1-4H3,(H,15,17);1H. The lowest BCUT2D eigenvalue weighted by Gasteiger charge is -2.28. The highest BCUT2D eigenvalue weighted by atomic mass is 35.5. The lowest BCUT2D eigenvalue weighted by atomic mass is 9.93. The van der Waals surface area contributed by atoms with Crippen molar-refractivity contribution in [3.63, 3.8) is 0 Å². The van der Waals surface area contributed by atoms with Gasteiger partial charge in [0.15, 0.2) is 0 Å². The molecule has 0 heterocycles. The average Bonchev–Trinajstić information content (AvgIpc) is 2.26. The molecule has 0 unspecified atom stereocenters. The van der Waals surface area contributed by atoms with Crippen LogP contribution in [-0.2, 0) is 0 Å². The number of hydrogen-bond acceptors (Lipinski definition) is 3. The van der Waals surface area contributed by atoms with E-state index in [0.717, 1.165) is 6.54 Å². The Balaban J connectivity index is 0.00000324. The predicted molar refractivity (Wildman–Crippen MR) is 80.1 cm³/mol. The second-order valence-corrected chi connectivity index (χ2v) is 5.46. The minimum atomic E-state index is -0.409. The minimum Gasteiger partial charge on any atom is -0.410 e. The van der Waals surface area contributed by atoms with Crippen LogP contribution < -0.4 is 10.1 Å². The van der Waals surface area contributed by atoms with Gasteiger partial charge in [-0.25, -0.2) is 4.79 Å². The number of rotatable bonds is 5. The molecule has 1 rings (SSSR count). The number of benzene rings is 1. The Labute approximate surface area is 121 Å². The van der Waals surface area contributed by atoms with E-state index < -0.39 is 6.09 Å². The van der Waals surface area contributed by atoms with Crippen molar-refractivity contribution in [1.29, 1.82) is 0 Å². The number of amides is 1. The molecular weight excluding hydrogens is 264 g/mol. The van der Waals surface area contributed by atoms with Crippen molar-refractivity contribution >= 4 is 18.5 Å². The summed E-state index contributed by atoms with van der Waals surface area (Å²) in [6.45, 7) is 5.70. The van der Waals surface area contributed by atoms with Crippen LogP contribution in [0.5, 0.6) is 5.75 Å². The number of halogens is 1. The number of nitrogens with one attached hydrogen (secondary N) is 1. The lowest BCUT2D eigenvalue weighted by Crippen LogP contribution is -2.40. The predicted octanol–water partition coefficient (Wildman–Crippen LogP) is 2.78. The number of carbonyl (C=O) groups is 1. The fourth-order valence-electron chi connectivity index (χ4n) is 1.86. The first-order valence-electron chi connectivity index (χ1n) is 6.04. The van der Waals surface area contributed by atoms with Crippen molar-refractivity contribution in [2.45, 2.75) is 13.8 Å². The molecule has 1 aromatic rings. The third-order valence-electron chi connectivity index (χ3n) is 2.41. The summed E-state index contributed by atoms with van der Waals surface area (Å²) in [6.07, 6.45) is -0.409. The molecule has 1 N–H and O–H groups in total. The largest absolute Gasteiger partial charge is 0.412 e. The van der Waals surface area contributed by atoms with Crippen molar-refractivity contribution in [2.24, 2.45) is 5.41 Å². The Hall–Kier alpha value is -1.26. The minimum absolute atomic E-state index is 0. The second-order valence-electron chi connectivity index (χ2n) is 5.46. The molecule has 0 aliphatic carbocycles. The number of hydrogen-bond donors (Lipinski definition) is 1. The Kier molecular flexibility index (Phi) is 7.49. The molecule has 4 nitrogen and oxygen atoms in total. The summed E-state index contributed by atoms with van der Waals surface area (Å²) in [5.41, 5.74) is 0.0131. The van der Waals surface area contributed by atoms with Gasteiger partial charge in [-0.05, 0) is 31.6 Å². The van der Waals surface area contributed by atoms with E-state index in [9.17, 15) is 4.79 Å². The van der Waals surface area contributed by atoms with Gasteiger partial charge in [-0.3, -0.25) is 0 Å². The van der Waals surface area contributed by atoms with Crippen LogP contribution in [0.4, 0.5) is 4.79 Å². The Morgan fingerprint density at radius 3 is 2.37 bits per heavy atom. The van der Waals surface area contributed by atoms with Crippen molar-refractivity contribution in [3.05, 3.63) is 30.3 Å². The second kappa shape index (κ2) is 8.02. The zero-order chi connectivity index (χ0) is 13.6. The molecule has 0 aliphatic rings. The topological polar surface area (TPSA) is 41.6 Å². The van der Waals surface area contributed by atoms with Gasteiger partial charge in [-0.1, -0.05) is 32.0 Å². The summed E-state index contributed by atoms with van der Waals surface area (Å²) in [5, 5.41) is 2.79. The van der Waals surface area contributed by atoms with E-state index in [0.29, 0.717) is 12.3 Å². The van der Waals surface area contributed by atoms with Crippen LogP contribution in [-0.4, -0.2) is 38.2 Å². The molecule has 0 aliphatic heterocycles. The van der Waals surface area contributed by atoms with Crippen molar-refractivity contribution in [3.8, 4) is 5.75 Å². The molecule has 0 saturated heterocycles. The highest BCUT2D eigenvalue weighted by molar-refractivity contribution is 5.85. The van der Waals surface area contributed by atoms with Gasteiger partial charge in [0.25, 0.3) is 0 Å². The van der Waals surface area contributed by atoms with Gasteiger partial charge in [-0.15, -0.1) is 12.4 Å². The highest BCUT2D eigenvalue weighted by Crippen LogP contribution is 2.14. The summed E-state index contributed by atoms with van der Waals surface area (Å²) in [4.78, 5) is 13.7. The normalized spacial score (nSPS) is 10.8. The van der Waals surface area contributed by atoms with Gasteiger partial charge in [0.2, 0.25) is 0 Å². The molecule has 0 aromatic heterocycles. The SMILES string of the molecule is CN(C)CC(C)(C)CNC(=O)Oc1ccccc1.Cl. The molecule has 5 heteroatoms. The van der Waals surface area contributed by atoms with Crippen LogP contribution in [0.3, 0.4) is 0 Å². The van der Waals surface area contributed by atoms with Crippen LogP contribution >= 0.6 is 12.4 Å². The van der Waals surface area contributed by atoms with Gasteiger partial charge in [0, 0.05) is 13.1 Å². The molecule has 0 saturated carbocycles. The van der Waals surface area contributed by atoms with Crippen LogP contribution in [0.15, 0.2) is 30.3 Å². The van der Waals surface area contributed by atoms with Crippen molar-refractivity contribution in [2.75, 3.05) is 27.2 Å². The van der Waals surface area contributed by atoms with Gasteiger partial charge in [0.1, 0.15) is 5.75 Å². The zero-order valence-corrected chi connectivity index (χ0v) is 12.8. The monoisotopic (exact) mass is 286 g/mol. The molecule has 19 heavy (non-hydrogen) atoms. The number of carbonyl (C=O) groups excluding carboxylic acids is 1. The molecule has 0 spiro atoms. The summed E-state index contributed by atoms with van der Waals surface area (Å²) in [7, 11) is 4.04. The van der Waals surface area contributed by atoms with Gasteiger partial charge < -0.3 is 15.0 Å². The third-order valence-corrected chi connectivity index (χ3v) is 2.41. The quantitative estimate of drug-likeness (QED) is 0.905. The van der Waals surface area contributed by atoms with Crippen LogP contribution in [0, 0.1) is 5.41 Å². The Morgan fingerprint density at radius 2 is 1.84 bits per heavy atom. The van der Waals surface area contributed by atoms with Crippen molar-refractivity contribution in [1.82, 2.24) is 10.2 Å². The molecule has 1 aromatic carbocycles. The maximum atomic E-state index is 11.6. The smallest absolute Gasteiger partial charge is 0.410 e. The lowest BCUT2D eigenvalue weighted by molar-refractivity contribution is 0.185. The van der Waals surface area contributed by atoms with Gasteiger partial charge >= 0.3 is 6.09 Å². The summed E-state index contributed by atoms with van der Waals surface area (Å²) in [6, 6.07) is 9.05. The van der Waals surface area contributed by atoms with E-state index in [4.69, 9.17) is 4.74 Å². The maximum Gasteiger partial charge on any atom is 0.412 e. The van der Waals surface area contributed by atoms with E-state index in [1.165, 1.54) is 0 Å². The first kappa shape index (κ1) is 17.7. The number of para-hydroxylation sites is 1. The zero-order valence-electron chi connectivity index (χ0n) is 12.0. The Morgan fingerprint density at radius 1 is 1.26 bits per heavy atom. The fraction of sp³-hybridized carbons (Fsp3) is 0.500. The molecule has 0 radical (unpaired) electrons. The summed E-state index contributed by atoms with van der Waals surface area (Å²) in [5.74, 6) is 0.556. The highest BCUT2D eigenvalue weighted by Gasteiger charge is 2.20. The van der Waals surface area contributed by atoms with Crippen LogP contribution in [0.1, 0.15) is 13.8 Å². The average molecular weight is 287 g/mol. The van der Waals surface area contributed by atoms with Crippen molar-refractivity contribution < 1.29 is 9.53 Å². The van der Waals surface area contributed by atoms with E-state index >= 15 is 0 Å². The first-order chi connectivity index (χ1) is 8.39. The number of ether oxygens (including phenoxy) is 1.